The lowest BCUT2D eigenvalue weighted by Gasteiger charge is -2.23. The molecule has 1 aliphatic rings. The van der Waals surface area contributed by atoms with Crippen molar-refractivity contribution in [3.63, 3.8) is 0 Å². The van der Waals surface area contributed by atoms with E-state index in [1.54, 1.807) is 0 Å². The molecule has 1 saturated heterocycles. The molecule has 0 bridgehead atoms. The average molecular weight is 269 g/mol. The summed E-state index contributed by atoms with van der Waals surface area (Å²) < 4.78 is 0. The molecule has 0 spiro atoms. The first-order valence-electron chi connectivity index (χ1n) is 7.00. The number of hydrogen-bond donors (Lipinski definition) is 1. The Kier molecular flexibility index (Phi) is 4.11. The molecule has 1 fully saturated rings. The maximum absolute atomic E-state index is 9.36. The molecule has 3 nitrogen and oxygen atoms in total. The zero-order valence-electron chi connectivity index (χ0n) is 11.4. The molecule has 3 rings (SSSR count). The van der Waals surface area contributed by atoms with Gasteiger partial charge in [0, 0.05) is 6.54 Å². The zero-order chi connectivity index (χ0) is 13.8. The summed E-state index contributed by atoms with van der Waals surface area (Å²) in [5.41, 5.74) is 2.45. The molecular weight excluding hydrogens is 250 g/mol. The van der Waals surface area contributed by atoms with Crippen molar-refractivity contribution in [1.29, 1.82) is 0 Å². The highest BCUT2D eigenvalue weighted by atomic mass is 16.7. The van der Waals surface area contributed by atoms with E-state index in [1.807, 2.05) is 41.5 Å². The lowest BCUT2D eigenvalue weighted by molar-refractivity contribution is -0.178. The van der Waals surface area contributed by atoms with Gasteiger partial charge in [-0.2, -0.15) is 5.06 Å². The first-order valence-corrected chi connectivity index (χ1v) is 7.00. The fourth-order valence-corrected chi connectivity index (χ4v) is 2.67. The lowest BCUT2D eigenvalue weighted by Crippen LogP contribution is -2.22. The molecule has 2 aromatic carbocycles. The Morgan fingerprint density at radius 1 is 1.00 bits per heavy atom. The molecule has 2 atom stereocenters. The monoisotopic (exact) mass is 269 g/mol. The van der Waals surface area contributed by atoms with E-state index in [9.17, 15) is 5.11 Å². The molecular formula is C17H19NO2. The van der Waals surface area contributed by atoms with Crippen molar-refractivity contribution in [2.24, 2.45) is 0 Å². The summed E-state index contributed by atoms with van der Waals surface area (Å²) >= 11 is 0. The summed E-state index contributed by atoms with van der Waals surface area (Å²) in [6, 6.07) is 20.8. The first kappa shape index (κ1) is 13.3. The maximum Gasteiger partial charge on any atom is 0.104 e. The van der Waals surface area contributed by atoms with Crippen LogP contribution in [0.4, 0.5) is 0 Å². The van der Waals surface area contributed by atoms with Gasteiger partial charge in [0.05, 0.1) is 12.6 Å². The highest BCUT2D eigenvalue weighted by molar-refractivity contribution is 5.21. The van der Waals surface area contributed by atoms with E-state index >= 15 is 0 Å². The van der Waals surface area contributed by atoms with E-state index in [4.69, 9.17) is 4.84 Å². The average Bonchev–Trinajstić information content (AvgIpc) is 2.92. The summed E-state index contributed by atoms with van der Waals surface area (Å²) in [7, 11) is 0. The number of benzene rings is 2. The smallest absolute Gasteiger partial charge is 0.104 e. The zero-order valence-corrected chi connectivity index (χ0v) is 11.4. The molecule has 3 heteroatoms. The molecule has 1 heterocycles. The van der Waals surface area contributed by atoms with Gasteiger partial charge in [-0.25, -0.2) is 0 Å². The van der Waals surface area contributed by atoms with E-state index in [2.05, 4.69) is 24.3 Å². The maximum atomic E-state index is 9.36. The second kappa shape index (κ2) is 6.18. The van der Waals surface area contributed by atoms with Crippen molar-refractivity contribution < 1.29 is 9.94 Å². The van der Waals surface area contributed by atoms with Gasteiger partial charge < -0.3 is 5.11 Å². The van der Waals surface area contributed by atoms with Crippen LogP contribution in [0.1, 0.15) is 23.6 Å². The molecule has 0 unspecified atom stereocenters. The SMILES string of the molecule is OC[C@H]1C[C@H](c2ccccc2)N(Cc2ccccc2)O1. The van der Waals surface area contributed by atoms with Crippen molar-refractivity contribution in [3.05, 3.63) is 71.8 Å². The Balaban J connectivity index is 1.80. The van der Waals surface area contributed by atoms with Crippen LogP contribution in [0.3, 0.4) is 0 Å². The van der Waals surface area contributed by atoms with E-state index in [0.29, 0.717) is 0 Å². The standard InChI is InChI=1S/C17H19NO2/c19-13-16-11-17(15-9-5-2-6-10-15)18(20-16)12-14-7-3-1-4-8-14/h1-10,16-17,19H,11-13H2/t16-,17-/m1/s1. The molecule has 0 saturated carbocycles. The van der Waals surface area contributed by atoms with Gasteiger partial charge in [-0.3, -0.25) is 4.84 Å². The van der Waals surface area contributed by atoms with Crippen LogP contribution in [-0.2, 0) is 11.4 Å². The number of aliphatic hydroxyl groups is 1. The number of hydroxylamine groups is 2. The van der Waals surface area contributed by atoms with Gasteiger partial charge >= 0.3 is 0 Å². The molecule has 0 aromatic heterocycles. The van der Waals surface area contributed by atoms with Crippen LogP contribution in [0, 0.1) is 0 Å². The van der Waals surface area contributed by atoms with Gasteiger partial charge in [-0.15, -0.1) is 0 Å². The van der Waals surface area contributed by atoms with Gasteiger partial charge in [-0.05, 0) is 17.5 Å². The second-order valence-electron chi connectivity index (χ2n) is 5.13. The summed E-state index contributed by atoms with van der Waals surface area (Å²) in [5.74, 6) is 0. The van der Waals surface area contributed by atoms with Gasteiger partial charge in [0.15, 0.2) is 0 Å². The van der Waals surface area contributed by atoms with E-state index < -0.39 is 0 Å². The first-order chi connectivity index (χ1) is 9.86. The molecule has 1 N–H and O–H groups in total. The van der Waals surface area contributed by atoms with E-state index in [1.165, 1.54) is 11.1 Å². The highest BCUT2D eigenvalue weighted by Gasteiger charge is 2.33. The normalized spacial score (nSPS) is 23.1. The Morgan fingerprint density at radius 3 is 2.30 bits per heavy atom. The van der Waals surface area contributed by atoms with Crippen molar-refractivity contribution in [3.8, 4) is 0 Å². The minimum absolute atomic E-state index is 0.0641. The van der Waals surface area contributed by atoms with Crippen molar-refractivity contribution in [1.82, 2.24) is 5.06 Å². The van der Waals surface area contributed by atoms with Crippen LogP contribution >= 0.6 is 0 Å². The molecule has 1 aliphatic heterocycles. The summed E-state index contributed by atoms with van der Waals surface area (Å²) in [5, 5.41) is 11.4. The van der Waals surface area contributed by atoms with Crippen molar-refractivity contribution >= 4 is 0 Å². The van der Waals surface area contributed by atoms with Crippen LogP contribution < -0.4 is 0 Å². The number of nitrogens with zero attached hydrogens (tertiary/aromatic N) is 1. The topological polar surface area (TPSA) is 32.7 Å². The lowest BCUT2D eigenvalue weighted by atomic mass is 10.0. The largest absolute Gasteiger partial charge is 0.394 e. The Morgan fingerprint density at radius 2 is 1.65 bits per heavy atom. The molecule has 104 valence electrons. The van der Waals surface area contributed by atoms with Gasteiger partial charge in [0.25, 0.3) is 0 Å². The number of hydrogen-bond acceptors (Lipinski definition) is 3. The summed E-state index contributed by atoms with van der Waals surface area (Å²) in [6.45, 7) is 0.797. The third-order valence-electron chi connectivity index (χ3n) is 3.69. The Labute approximate surface area is 119 Å². The highest BCUT2D eigenvalue weighted by Crippen LogP contribution is 2.34. The Hall–Kier alpha value is -1.68. The quantitative estimate of drug-likeness (QED) is 0.926. The third kappa shape index (κ3) is 2.90. The summed E-state index contributed by atoms with van der Waals surface area (Å²) in [4.78, 5) is 5.86. The predicted octanol–water partition coefficient (Wildman–Crippen LogP) is 2.93. The molecule has 0 radical (unpaired) electrons. The van der Waals surface area contributed by atoms with Crippen LogP contribution in [0.2, 0.25) is 0 Å². The minimum atomic E-state index is -0.107. The number of aliphatic hydroxyl groups excluding tert-OH is 1. The van der Waals surface area contributed by atoms with Gasteiger partial charge in [0.2, 0.25) is 0 Å². The Bertz CT molecular complexity index is 529. The second-order valence-corrected chi connectivity index (χ2v) is 5.13. The van der Waals surface area contributed by atoms with Gasteiger partial charge in [0.1, 0.15) is 6.10 Å². The number of rotatable bonds is 4. The van der Waals surface area contributed by atoms with Crippen LogP contribution in [0.5, 0.6) is 0 Å². The van der Waals surface area contributed by atoms with Crippen LogP contribution in [-0.4, -0.2) is 22.9 Å². The molecule has 2 aromatic rings. The molecule has 0 amide bonds. The van der Waals surface area contributed by atoms with Crippen molar-refractivity contribution in [2.45, 2.75) is 25.1 Å². The fourth-order valence-electron chi connectivity index (χ4n) is 2.67. The molecule has 20 heavy (non-hydrogen) atoms. The van der Waals surface area contributed by atoms with Crippen LogP contribution in [0.15, 0.2) is 60.7 Å². The van der Waals surface area contributed by atoms with Crippen LogP contribution in [0.25, 0.3) is 0 Å². The van der Waals surface area contributed by atoms with E-state index in [0.717, 1.165) is 13.0 Å². The molecule has 0 aliphatic carbocycles. The fraction of sp³-hybridized carbons (Fsp3) is 0.294. The third-order valence-corrected chi connectivity index (χ3v) is 3.69. The summed E-state index contributed by atoms with van der Waals surface area (Å²) in [6.07, 6.45) is 0.719. The van der Waals surface area contributed by atoms with Crippen molar-refractivity contribution in [2.75, 3.05) is 6.61 Å². The predicted molar refractivity (Wildman–Crippen MR) is 77.7 cm³/mol. The van der Waals surface area contributed by atoms with E-state index in [-0.39, 0.29) is 18.8 Å². The van der Waals surface area contributed by atoms with Gasteiger partial charge in [-0.1, -0.05) is 60.7 Å². The minimum Gasteiger partial charge on any atom is -0.394 e.